The standard InChI is InChI=1S/C26H34OSi/c1-26(2,3)28(21-14-8-6-9-15-21,22-16-10-7-11-17-22)27-20-25-23-18-12-4-5-13-19-24(23)25/h4-11,14-17,23-25H,12-13,18-20H2,1-3H3/b5-4+/t23-,24+,25?. The Balaban J connectivity index is 1.66. The molecule has 3 atom stereocenters. The Labute approximate surface area is 172 Å². The Morgan fingerprint density at radius 1 is 0.786 bits per heavy atom. The Kier molecular flexibility index (Phi) is 5.62. The monoisotopic (exact) mass is 390 g/mol. The van der Waals surface area contributed by atoms with Crippen LogP contribution in [-0.4, -0.2) is 14.9 Å². The maximum Gasteiger partial charge on any atom is 0.261 e. The summed E-state index contributed by atoms with van der Waals surface area (Å²) in [6.45, 7) is 8.04. The molecular weight excluding hydrogens is 356 g/mol. The number of fused-ring (bicyclic) bond motifs is 1. The molecule has 2 aromatic rings. The summed E-state index contributed by atoms with van der Waals surface area (Å²) in [5, 5.41) is 2.87. The third kappa shape index (κ3) is 3.65. The molecule has 148 valence electrons. The van der Waals surface area contributed by atoms with E-state index in [2.05, 4.69) is 93.6 Å². The molecule has 0 saturated heterocycles. The summed E-state index contributed by atoms with van der Waals surface area (Å²) in [6.07, 6.45) is 9.95. The van der Waals surface area contributed by atoms with Gasteiger partial charge in [-0.15, -0.1) is 0 Å². The van der Waals surface area contributed by atoms with E-state index in [9.17, 15) is 0 Å². The van der Waals surface area contributed by atoms with Gasteiger partial charge in [0.1, 0.15) is 0 Å². The van der Waals surface area contributed by atoms with Crippen molar-refractivity contribution in [2.45, 2.75) is 51.5 Å². The van der Waals surface area contributed by atoms with Crippen molar-refractivity contribution >= 4 is 18.7 Å². The van der Waals surface area contributed by atoms with Gasteiger partial charge in [0.25, 0.3) is 8.32 Å². The molecule has 1 fully saturated rings. The van der Waals surface area contributed by atoms with E-state index in [1.54, 1.807) is 0 Å². The molecule has 28 heavy (non-hydrogen) atoms. The Morgan fingerprint density at radius 3 is 1.68 bits per heavy atom. The first-order valence-corrected chi connectivity index (χ1v) is 12.8. The molecule has 0 heterocycles. The van der Waals surface area contributed by atoms with Crippen LogP contribution in [0.3, 0.4) is 0 Å². The first-order valence-electron chi connectivity index (χ1n) is 10.9. The SMILES string of the molecule is CC(C)(C)[Si](OCC1[C@H]2CC/C=C/CC[C@@H]12)(c1ccccc1)c1ccccc1. The molecule has 1 saturated carbocycles. The zero-order chi connectivity index (χ0) is 19.6. The topological polar surface area (TPSA) is 9.23 Å². The molecule has 0 bridgehead atoms. The molecule has 0 aliphatic heterocycles. The third-order valence-corrected chi connectivity index (χ3v) is 11.9. The first-order chi connectivity index (χ1) is 13.5. The second kappa shape index (κ2) is 8.00. The quantitative estimate of drug-likeness (QED) is 0.480. The predicted molar refractivity (Wildman–Crippen MR) is 122 cm³/mol. The van der Waals surface area contributed by atoms with Crippen LogP contribution in [-0.2, 0) is 4.43 Å². The molecule has 2 aliphatic carbocycles. The first kappa shape index (κ1) is 19.7. The molecule has 0 amide bonds. The number of allylic oxidation sites excluding steroid dienone is 2. The molecular formula is C26H34OSi. The van der Waals surface area contributed by atoms with Gasteiger partial charge in [0.05, 0.1) is 0 Å². The van der Waals surface area contributed by atoms with Crippen LogP contribution in [0.4, 0.5) is 0 Å². The third-order valence-electron chi connectivity index (χ3n) is 6.92. The Morgan fingerprint density at radius 2 is 1.25 bits per heavy atom. The number of hydrogen-bond acceptors (Lipinski definition) is 1. The van der Waals surface area contributed by atoms with Gasteiger partial charge in [0, 0.05) is 6.61 Å². The Hall–Kier alpha value is -1.64. The molecule has 2 aliphatic rings. The van der Waals surface area contributed by atoms with Crippen LogP contribution in [0.25, 0.3) is 0 Å². The molecule has 1 nitrogen and oxygen atoms in total. The van der Waals surface area contributed by atoms with Crippen LogP contribution in [0, 0.1) is 17.8 Å². The van der Waals surface area contributed by atoms with Gasteiger partial charge in [-0.2, -0.15) is 0 Å². The summed E-state index contributed by atoms with van der Waals surface area (Å²) in [7, 11) is -2.38. The van der Waals surface area contributed by atoms with Crippen LogP contribution < -0.4 is 10.4 Å². The molecule has 1 unspecified atom stereocenters. The summed E-state index contributed by atoms with van der Waals surface area (Å²) in [4.78, 5) is 0. The van der Waals surface area contributed by atoms with E-state index in [4.69, 9.17) is 4.43 Å². The second-order valence-corrected chi connectivity index (χ2v) is 13.9. The summed E-state index contributed by atoms with van der Waals surface area (Å²) < 4.78 is 7.18. The average molecular weight is 391 g/mol. The molecule has 0 aromatic heterocycles. The fourth-order valence-corrected chi connectivity index (χ4v) is 10.0. The van der Waals surface area contributed by atoms with E-state index >= 15 is 0 Å². The van der Waals surface area contributed by atoms with Crippen LogP contribution in [0.2, 0.25) is 5.04 Å². The molecule has 4 rings (SSSR count). The van der Waals surface area contributed by atoms with Crippen LogP contribution >= 0.6 is 0 Å². The van der Waals surface area contributed by atoms with E-state index in [0.29, 0.717) is 0 Å². The van der Waals surface area contributed by atoms with Gasteiger partial charge in [-0.3, -0.25) is 0 Å². The minimum atomic E-state index is -2.38. The van der Waals surface area contributed by atoms with Crippen molar-refractivity contribution in [2.24, 2.45) is 17.8 Å². The Bertz CT molecular complexity index is 735. The van der Waals surface area contributed by atoms with Crippen molar-refractivity contribution in [3.8, 4) is 0 Å². The van der Waals surface area contributed by atoms with E-state index in [-0.39, 0.29) is 5.04 Å². The minimum Gasteiger partial charge on any atom is -0.407 e. The van der Waals surface area contributed by atoms with Crippen molar-refractivity contribution < 1.29 is 4.43 Å². The van der Waals surface area contributed by atoms with Gasteiger partial charge in [0.2, 0.25) is 0 Å². The maximum atomic E-state index is 7.18. The van der Waals surface area contributed by atoms with Gasteiger partial charge in [0.15, 0.2) is 0 Å². The highest BCUT2D eigenvalue weighted by atomic mass is 28.4. The number of benzene rings is 2. The highest BCUT2D eigenvalue weighted by molar-refractivity contribution is 6.99. The van der Waals surface area contributed by atoms with E-state index in [1.807, 2.05) is 0 Å². The van der Waals surface area contributed by atoms with Crippen molar-refractivity contribution in [2.75, 3.05) is 6.61 Å². The maximum absolute atomic E-state index is 7.18. The lowest BCUT2D eigenvalue weighted by Gasteiger charge is -2.43. The lowest BCUT2D eigenvalue weighted by Crippen LogP contribution is -2.66. The van der Waals surface area contributed by atoms with E-state index in [1.165, 1.54) is 36.1 Å². The van der Waals surface area contributed by atoms with Crippen LogP contribution in [0.5, 0.6) is 0 Å². The fraction of sp³-hybridized carbons (Fsp3) is 0.462. The molecule has 0 spiro atoms. The van der Waals surface area contributed by atoms with Gasteiger partial charge in [-0.25, -0.2) is 0 Å². The van der Waals surface area contributed by atoms with E-state index in [0.717, 1.165) is 24.4 Å². The second-order valence-electron chi connectivity index (χ2n) is 9.59. The zero-order valence-electron chi connectivity index (χ0n) is 17.6. The molecule has 0 N–H and O–H groups in total. The van der Waals surface area contributed by atoms with Crippen LogP contribution in [0.1, 0.15) is 46.5 Å². The van der Waals surface area contributed by atoms with E-state index < -0.39 is 8.32 Å². The van der Waals surface area contributed by atoms with Crippen molar-refractivity contribution in [3.05, 3.63) is 72.8 Å². The van der Waals surface area contributed by atoms with Gasteiger partial charge in [-0.1, -0.05) is 93.6 Å². The highest BCUT2D eigenvalue weighted by Crippen LogP contribution is 2.53. The summed E-state index contributed by atoms with van der Waals surface area (Å²) in [6, 6.07) is 22.1. The molecule has 2 heteroatoms. The van der Waals surface area contributed by atoms with Gasteiger partial charge >= 0.3 is 0 Å². The van der Waals surface area contributed by atoms with Crippen LogP contribution in [0.15, 0.2) is 72.8 Å². The summed E-state index contributed by atoms with van der Waals surface area (Å²) >= 11 is 0. The number of hydrogen-bond donors (Lipinski definition) is 0. The smallest absolute Gasteiger partial charge is 0.261 e. The largest absolute Gasteiger partial charge is 0.407 e. The summed E-state index contributed by atoms with van der Waals surface area (Å²) in [5.74, 6) is 2.51. The predicted octanol–water partition coefficient (Wildman–Crippen LogP) is 5.56. The zero-order valence-corrected chi connectivity index (χ0v) is 18.6. The van der Waals surface area contributed by atoms with Gasteiger partial charge in [-0.05, 0) is 58.8 Å². The lowest BCUT2D eigenvalue weighted by atomic mass is 10.1. The number of rotatable bonds is 5. The average Bonchev–Trinajstić information content (AvgIpc) is 3.32. The molecule has 0 radical (unpaired) electrons. The fourth-order valence-electron chi connectivity index (χ4n) is 5.42. The molecule has 2 aromatic carbocycles. The summed E-state index contributed by atoms with van der Waals surface area (Å²) in [5.41, 5.74) is 0. The van der Waals surface area contributed by atoms with Crippen molar-refractivity contribution in [3.63, 3.8) is 0 Å². The van der Waals surface area contributed by atoms with Crippen molar-refractivity contribution in [1.82, 2.24) is 0 Å². The van der Waals surface area contributed by atoms with Crippen molar-refractivity contribution in [1.29, 1.82) is 0 Å². The lowest BCUT2D eigenvalue weighted by molar-refractivity contribution is 0.268. The highest BCUT2D eigenvalue weighted by Gasteiger charge is 2.54. The normalized spacial score (nSPS) is 26.0. The minimum absolute atomic E-state index is 0.0745. The van der Waals surface area contributed by atoms with Gasteiger partial charge < -0.3 is 4.43 Å².